The van der Waals surface area contributed by atoms with Gasteiger partial charge in [-0.3, -0.25) is 9.40 Å². The van der Waals surface area contributed by atoms with Crippen molar-refractivity contribution >= 4 is 27.3 Å². The van der Waals surface area contributed by atoms with Crippen molar-refractivity contribution in [3.63, 3.8) is 0 Å². The second kappa shape index (κ2) is 6.05. The van der Waals surface area contributed by atoms with Gasteiger partial charge in [-0.05, 0) is 25.5 Å². The molecule has 0 aliphatic heterocycles. The molecule has 0 spiro atoms. The van der Waals surface area contributed by atoms with Crippen LogP contribution in [-0.2, 0) is 23.2 Å². The van der Waals surface area contributed by atoms with Crippen LogP contribution in [0.5, 0.6) is 0 Å². The maximum atomic E-state index is 12.4. The highest BCUT2D eigenvalue weighted by atomic mass is 35.5. The largest absolute Gasteiger partial charge is 0.392 e. The Labute approximate surface area is 128 Å². The molecule has 1 aromatic heterocycles. The number of aryl methyl sites for hydroxylation is 2. The first-order valence-electron chi connectivity index (χ1n) is 6.33. The van der Waals surface area contributed by atoms with E-state index in [4.69, 9.17) is 11.6 Å². The molecule has 8 heteroatoms. The second-order valence-corrected chi connectivity index (χ2v) is 6.60. The van der Waals surface area contributed by atoms with Crippen molar-refractivity contribution in [3.05, 3.63) is 40.7 Å². The van der Waals surface area contributed by atoms with Crippen LogP contribution in [0.3, 0.4) is 0 Å². The molecule has 6 nitrogen and oxygen atoms in total. The van der Waals surface area contributed by atoms with Gasteiger partial charge in [0.15, 0.2) is 0 Å². The van der Waals surface area contributed by atoms with E-state index in [0.29, 0.717) is 28.4 Å². The number of hydrogen-bond acceptors (Lipinski definition) is 4. The molecule has 0 atom stereocenters. The van der Waals surface area contributed by atoms with Crippen LogP contribution in [0.1, 0.15) is 18.1 Å². The fourth-order valence-electron chi connectivity index (χ4n) is 1.89. The lowest BCUT2D eigenvalue weighted by Crippen LogP contribution is -2.15. The van der Waals surface area contributed by atoms with Gasteiger partial charge in [-0.15, -0.1) is 0 Å². The number of nitrogens with one attached hydrogen (secondary N) is 1. The third kappa shape index (κ3) is 3.20. The van der Waals surface area contributed by atoms with Gasteiger partial charge in [-0.2, -0.15) is 5.10 Å². The number of aliphatic hydroxyl groups excluding tert-OH is 1. The van der Waals surface area contributed by atoms with E-state index in [1.54, 1.807) is 19.1 Å². The number of aromatic nitrogens is 2. The average molecular weight is 330 g/mol. The Balaban J connectivity index is 2.43. The summed E-state index contributed by atoms with van der Waals surface area (Å²) in [5.41, 5.74) is 1.33. The van der Waals surface area contributed by atoms with Crippen LogP contribution in [0.25, 0.3) is 0 Å². The molecule has 0 unspecified atom stereocenters. The van der Waals surface area contributed by atoms with E-state index >= 15 is 0 Å². The summed E-state index contributed by atoms with van der Waals surface area (Å²) in [5, 5.41) is 13.7. The molecule has 0 radical (unpaired) electrons. The Kier molecular flexibility index (Phi) is 4.55. The molecule has 0 fully saturated rings. The molecule has 1 aromatic carbocycles. The quantitative estimate of drug-likeness (QED) is 0.880. The normalized spacial score (nSPS) is 11.6. The van der Waals surface area contributed by atoms with Gasteiger partial charge in [-0.25, -0.2) is 8.42 Å². The molecule has 0 aliphatic carbocycles. The summed E-state index contributed by atoms with van der Waals surface area (Å²) in [6.45, 7) is 3.82. The van der Waals surface area contributed by atoms with Crippen LogP contribution in [-0.4, -0.2) is 23.3 Å². The molecule has 0 saturated carbocycles. The molecule has 2 rings (SSSR count). The number of sulfonamides is 1. The standard InChI is InChI=1S/C13H16ClN3O3S/c1-3-17-7-10(6-15-17)21(19,20)16-13-9(2)4-5-12(14)11(13)8-18/h4-7,16,18H,3,8H2,1-2H3. The van der Waals surface area contributed by atoms with Gasteiger partial charge in [0.25, 0.3) is 10.0 Å². The topological polar surface area (TPSA) is 84.2 Å². The number of hydrogen-bond donors (Lipinski definition) is 2. The van der Waals surface area contributed by atoms with Crippen molar-refractivity contribution in [3.8, 4) is 0 Å². The van der Waals surface area contributed by atoms with Crippen molar-refractivity contribution in [2.24, 2.45) is 0 Å². The highest BCUT2D eigenvalue weighted by molar-refractivity contribution is 7.92. The van der Waals surface area contributed by atoms with E-state index in [-0.39, 0.29) is 11.5 Å². The van der Waals surface area contributed by atoms with Crippen molar-refractivity contribution < 1.29 is 13.5 Å². The molecule has 21 heavy (non-hydrogen) atoms. The summed E-state index contributed by atoms with van der Waals surface area (Å²) in [6, 6.07) is 3.31. The average Bonchev–Trinajstić information content (AvgIpc) is 2.93. The van der Waals surface area contributed by atoms with Crippen LogP contribution in [0.2, 0.25) is 5.02 Å². The molecule has 1 heterocycles. The van der Waals surface area contributed by atoms with Gasteiger partial charge in [0.05, 0.1) is 18.5 Å². The molecule has 0 aliphatic rings. The summed E-state index contributed by atoms with van der Waals surface area (Å²) in [5.74, 6) is 0. The Bertz CT molecular complexity index is 756. The van der Waals surface area contributed by atoms with Crippen LogP contribution < -0.4 is 4.72 Å². The molecule has 0 bridgehead atoms. The molecule has 0 amide bonds. The van der Waals surface area contributed by atoms with Gasteiger partial charge < -0.3 is 5.11 Å². The number of benzene rings is 1. The number of nitrogens with zero attached hydrogens (tertiary/aromatic N) is 2. The molecule has 114 valence electrons. The highest BCUT2D eigenvalue weighted by Gasteiger charge is 2.20. The lowest BCUT2D eigenvalue weighted by Gasteiger charge is -2.14. The van der Waals surface area contributed by atoms with Crippen molar-refractivity contribution in [2.45, 2.75) is 31.9 Å². The van der Waals surface area contributed by atoms with E-state index in [1.165, 1.54) is 17.1 Å². The van der Waals surface area contributed by atoms with Crippen LogP contribution >= 0.6 is 11.6 Å². The number of aliphatic hydroxyl groups is 1. The van der Waals surface area contributed by atoms with Crippen molar-refractivity contribution in [2.75, 3.05) is 4.72 Å². The fourth-order valence-corrected chi connectivity index (χ4v) is 3.22. The summed E-state index contributed by atoms with van der Waals surface area (Å²) >= 11 is 5.99. The predicted molar refractivity (Wildman–Crippen MR) is 80.8 cm³/mol. The maximum Gasteiger partial charge on any atom is 0.265 e. The summed E-state index contributed by atoms with van der Waals surface area (Å²) < 4.78 is 28.7. The number of halogens is 1. The van der Waals surface area contributed by atoms with Gasteiger partial charge >= 0.3 is 0 Å². The van der Waals surface area contributed by atoms with E-state index in [0.717, 1.165) is 0 Å². The monoisotopic (exact) mass is 329 g/mol. The minimum atomic E-state index is -3.78. The zero-order valence-electron chi connectivity index (χ0n) is 11.7. The second-order valence-electron chi connectivity index (χ2n) is 4.51. The Morgan fingerprint density at radius 1 is 1.43 bits per heavy atom. The first-order valence-corrected chi connectivity index (χ1v) is 8.19. The van der Waals surface area contributed by atoms with Gasteiger partial charge in [-0.1, -0.05) is 17.7 Å². The first-order chi connectivity index (χ1) is 9.89. The predicted octanol–water partition coefficient (Wildman–Crippen LogP) is 2.16. The Morgan fingerprint density at radius 3 is 2.71 bits per heavy atom. The molecular formula is C13H16ClN3O3S. The van der Waals surface area contributed by atoms with Crippen molar-refractivity contribution in [1.29, 1.82) is 0 Å². The van der Waals surface area contributed by atoms with Crippen molar-refractivity contribution in [1.82, 2.24) is 9.78 Å². The fraction of sp³-hybridized carbons (Fsp3) is 0.308. The van der Waals surface area contributed by atoms with Gasteiger partial charge in [0, 0.05) is 23.3 Å². The number of anilines is 1. The molecule has 0 saturated heterocycles. The smallest absolute Gasteiger partial charge is 0.265 e. The zero-order chi connectivity index (χ0) is 15.6. The molecule has 2 N–H and O–H groups in total. The third-order valence-corrected chi connectivity index (χ3v) is 4.76. The minimum absolute atomic E-state index is 0.0626. The highest BCUT2D eigenvalue weighted by Crippen LogP contribution is 2.30. The molecule has 2 aromatic rings. The van der Waals surface area contributed by atoms with Crippen LogP contribution in [0.4, 0.5) is 5.69 Å². The SMILES string of the molecule is CCn1cc(S(=O)(=O)Nc2c(C)ccc(Cl)c2CO)cn1. The minimum Gasteiger partial charge on any atom is -0.392 e. The Hall–Kier alpha value is -1.57. The van der Waals surface area contributed by atoms with Gasteiger partial charge in [0.2, 0.25) is 0 Å². The lowest BCUT2D eigenvalue weighted by molar-refractivity contribution is 0.282. The van der Waals surface area contributed by atoms with Crippen LogP contribution in [0, 0.1) is 6.92 Å². The first kappa shape index (κ1) is 15.8. The van der Waals surface area contributed by atoms with E-state index < -0.39 is 10.0 Å². The maximum absolute atomic E-state index is 12.4. The summed E-state index contributed by atoms with van der Waals surface area (Å²) in [6.07, 6.45) is 2.73. The number of rotatable bonds is 5. The summed E-state index contributed by atoms with van der Waals surface area (Å²) in [7, 11) is -3.78. The van der Waals surface area contributed by atoms with Crippen LogP contribution in [0.15, 0.2) is 29.4 Å². The Morgan fingerprint density at radius 2 is 2.14 bits per heavy atom. The van der Waals surface area contributed by atoms with E-state index in [9.17, 15) is 13.5 Å². The zero-order valence-corrected chi connectivity index (χ0v) is 13.2. The molecular weight excluding hydrogens is 314 g/mol. The van der Waals surface area contributed by atoms with E-state index in [2.05, 4.69) is 9.82 Å². The third-order valence-electron chi connectivity index (χ3n) is 3.10. The lowest BCUT2D eigenvalue weighted by atomic mass is 10.1. The summed E-state index contributed by atoms with van der Waals surface area (Å²) in [4.78, 5) is 0.0626. The van der Waals surface area contributed by atoms with E-state index in [1.807, 2.05) is 6.92 Å². The van der Waals surface area contributed by atoms with Gasteiger partial charge in [0.1, 0.15) is 4.90 Å².